The number of carbonyl (C=O) groups is 2. The lowest BCUT2D eigenvalue weighted by Gasteiger charge is -2.35. The largest absolute Gasteiger partial charge is 0.398 e. The number of likely N-dealkylation sites (tertiary alicyclic amines) is 1. The molecule has 126 valence electrons. The SMILES string of the molecule is CC(CC(=O)c1cnccc1N)C1CCN(C(=O)[C@H](C)N)CC1. The third-order valence-corrected chi connectivity index (χ3v) is 4.71. The normalized spacial score (nSPS) is 18.5. The molecule has 1 aromatic rings. The van der Waals surface area contributed by atoms with Crippen LogP contribution in [-0.4, -0.2) is 40.7 Å². The van der Waals surface area contributed by atoms with Crippen molar-refractivity contribution in [2.45, 2.75) is 39.2 Å². The molecule has 0 radical (unpaired) electrons. The average Bonchev–Trinajstić information content (AvgIpc) is 2.54. The molecule has 4 N–H and O–H groups in total. The summed E-state index contributed by atoms with van der Waals surface area (Å²) < 4.78 is 0. The summed E-state index contributed by atoms with van der Waals surface area (Å²) in [5.41, 5.74) is 12.5. The Morgan fingerprint density at radius 1 is 1.35 bits per heavy atom. The van der Waals surface area contributed by atoms with E-state index in [9.17, 15) is 9.59 Å². The second-order valence-electron chi connectivity index (χ2n) is 6.52. The molecule has 1 aromatic heterocycles. The molecule has 2 rings (SSSR count). The van der Waals surface area contributed by atoms with Gasteiger partial charge in [0.15, 0.2) is 5.78 Å². The van der Waals surface area contributed by atoms with Crippen LogP contribution in [0.3, 0.4) is 0 Å². The molecule has 2 heterocycles. The fourth-order valence-electron chi connectivity index (χ4n) is 3.18. The van der Waals surface area contributed by atoms with E-state index in [4.69, 9.17) is 11.5 Å². The second kappa shape index (κ2) is 7.55. The van der Waals surface area contributed by atoms with Gasteiger partial charge < -0.3 is 16.4 Å². The van der Waals surface area contributed by atoms with Crippen molar-refractivity contribution in [1.82, 2.24) is 9.88 Å². The maximum atomic E-state index is 12.4. The Hall–Kier alpha value is -1.95. The Morgan fingerprint density at radius 3 is 2.57 bits per heavy atom. The first-order valence-electron chi connectivity index (χ1n) is 8.17. The van der Waals surface area contributed by atoms with Crippen LogP contribution in [0.2, 0.25) is 0 Å². The van der Waals surface area contributed by atoms with Crippen molar-refractivity contribution >= 4 is 17.4 Å². The summed E-state index contributed by atoms with van der Waals surface area (Å²) in [6.07, 6.45) is 5.40. The van der Waals surface area contributed by atoms with Gasteiger partial charge in [0.2, 0.25) is 5.91 Å². The topological polar surface area (TPSA) is 102 Å². The number of Topliss-reactive ketones (excluding diaryl/α,β-unsaturated/α-hetero) is 1. The average molecular weight is 318 g/mol. The summed E-state index contributed by atoms with van der Waals surface area (Å²) in [6.45, 7) is 5.25. The Kier molecular flexibility index (Phi) is 5.71. The van der Waals surface area contributed by atoms with Gasteiger partial charge >= 0.3 is 0 Å². The van der Waals surface area contributed by atoms with Crippen LogP contribution in [0.25, 0.3) is 0 Å². The number of amides is 1. The van der Waals surface area contributed by atoms with E-state index >= 15 is 0 Å². The minimum Gasteiger partial charge on any atom is -0.398 e. The van der Waals surface area contributed by atoms with Gasteiger partial charge in [-0.05, 0) is 37.7 Å². The Balaban J connectivity index is 1.88. The molecule has 1 aliphatic rings. The molecular formula is C17H26N4O2. The molecule has 1 aliphatic heterocycles. The Labute approximate surface area is 137 Å². The number of hydrogen-bond acceptors (Lipinski definition) is 5. The molecule has 23 heavy (non-hydrogen) atoms. The van der Waals surface area contributed by atoms with E-state index in [2.05, 4.69) is 11.9 Å². The van der Waals surface area contributed by atoms with Crippen LogP contribution in [0.1, 0.15) is 43.5 Å². The number of anilines is 1. The van der Waals surface area contributed by atoms with Crippen LogP contribution >= 0.6 is 0 Å². The molecule has 6 nitrogen and oxygen atoms in total. The number of hydrogen-bond donors (Lipinski definition) is 2. The maximum absolute atomic E-state index is 12.4. The smallest absolute Gasteiger partial charge is 0.239 e. The molecule has 0 aromatic carbocycles. The van der Waals surface area contributed by atoms with Crippen molar-refractivity contribution in [3.8, 4) is 0 Å². The third-order valence-electron chi connectivity index (χ3n) is 4.71. The molecule has 0 aliphatic carbocycles. The number of nitrogens with two attached hydrogens (primary N) is 2. The molecule has 0 bridgehead atoms. The van der Waals surface area contributed by atoms with Crippen LogP contribution in [0.15, 0.2) is 18.5 Å². The van der Waals surface area contributed by atoms with Crippen LogP contribution < -0.4 is 11.5 Å². The zero-order chi connectivity index (χ0) is 17.0. The summed E-state index contributed by atoms with van der Waals surface area (Å²) in [6, 6.07) is 1.20. The third kappa shape index (κ3) is 4.28. The van der Waals surface area contributed by atoms with Gasteiger partial charge in [0.25, 0.3) is 0 Å². The van der Waals surface area contributed by atoms with E-state index in [1.807, 2.05) is 4.90 Å². The molecule has 1 saturated heterocycles. The number of pyridine rings is 1. The Bertz CT molecular complexity index is 565. The van der Waals surface area contributed by atoms with Gasteiger partial charge in [0.05, 0.1) is 11.6 Å². The number of nitrogen functional groups attached to an aromatic ring is 1. The highest BCUT2D eigenvalue weighted by Gasteiger charge is 2.28. The van der Waals surface area contributed by atoms with Crippen molar-refractivity contribution in [3.05, 3.63) is 24.0 Å². The van der Waals surface area contributed by atoms with Gasteiger partial charge in [-0.25, -0.2) is 0 Å². The fourth-order valence-corrected chi connectivity index (χ4v) is 3.18. The van der Waals surface area contributed by atoms with Crippen molar-refractivity contribution in [3.63, 3.8) is 0 Å². The summed E-state index contributed by atoms with van der Waals surface area (Å²) in [4.78, 5) is 30.1. The number of piperidine rings is 1. The van der Waals surface area contributed by atoms with E-state index in [-0.39, 0.29) is 17.6 Å². The van der Waals surface area contributed by atoms with E-state index in [1.54, 1.807) is 19.2 Å². The minimum atomic E-state index is -0.445. The summed E-state index contributed by atoms with van der Waals surface area (Å²) in [7, 11) is 0. The van der Waals surface area contributed by atoms with E-state index in [0.29, 0.717) is 23.6 Å². The van der Waals surface area contributed by atoms with Gasteiger partial charge in [-0.1, -0.05) is 6.92 Å². The lowest BCUT2D eigenvalue weighted by atomic mass is 9.82. The zero-order valence-electron chi connectivity index (χ0n) is 13.9. The number of nitrogens with zero attached hydrogens (tertiary/aromatic N) is 2. The lowest BCUT2D eigenvalue weighted by molar-refractivity contribution is -0.133. The summed E-state index contributed by atoms with van der Waals surface area (Å²) in [5, 5.41) is 0. The molecule has 1 unspecified atom stereocenters. The van der Waals surface area contributed by atoms with Gasteiger partial charge in [0, 0.05) is 37.6 Å². The molecule has 1 fully saturated rings. The highest BCUT2D eigenvalue weighted by Crippen LogP contribution is 2.29. The standard InChI is InChI=1S/C17H26N4O2/c1-11(9-16(22)14-10-20-6-3-15(14)19)13-4-7-21(8-5-13)17(23)12(2)18/h3,6,10-13H,4-5,7-9,18H2,1-2H3,(H2,19,20)/t11?,12-/m0/s1. The van der Waals surface area contributed by atoms with Gasteiger partial charge in [-0.3, -0.25) is 14.6 Å². The summed E-state index contributed by atoms with van der Waals surface area (Å²) in [5.74, 6) is 0.746. The molecule has 6 heteroatoms. The van der Waals surface area contributed by atoms with Crippen molar-refractivity contribution in [2.75, 3.05) is 18.8 Å². The van der Waals surface area contributed by atoms with Crippen molar-refractivity contribution in [1.29, 1.82) is 0 Å². The number of ketones is 1. The predicted molar refractivity (Wildman–Crippen MR) is 89.7 cm³/mol. The zero-order valence-corrected chi connectivity index (χ0v) is 13.9. The Morgan fingerprint density at radius 2 is 2.00 bits per heavy atom. The van der Waals surface area contributed by atoms with E-state index in [0.717, 1.165) is 25.9 Å². The molecule has 0 saturated carbocycles. The number of carbonyl (C=O) groups excluding carboxylic acids is 2. The van der Waals surface area contributed by atoms with Crippen LogP contribution in [0.5, 0.6) is 0 Å². The van der Waals surface area contributed by atoms with Crippen LogP contribution in [0, 0.1) is 11.8 Å². The van der Waals surface area contributed by atoms with E-state index in [1.165, 1.54) is 6.20 Å². The number of rotatable bonds is 5. The molecule has 2 atom stereocenters. The second-order valence-corrected chi connectivity index (χ2v) is 6.52. The lowest BCUT2D eigenvalue weighted by Crippen LogP contribution is -2.46. The maximum Gasteiger partial charge on any atom is 0.239 e. The highest BCUT2D eigenvalue weighted by molar-refractivity contribution is 6.00. The first-order valence-corrected chi connectivity index (χ1v) is 8.17. The molecule has 0 spiro atoms. The van der Waals surface area contributed by atoms with Crippen LogP contribution in [-0.2, 0) is 4.79 Å². The van der Waals surface area contributed by atoms with E-state index < -0.39 is 6.04 Å². The first kappa shape index (κ1) is 17.4. The van der Waals surface area contributed by atoms with Gasteiger partial charge in [0.1, 0.15) is 0 Å². The van der Waals surface area contributed by atoms with Gasteiger partial charge in [-0.2, -0.15) is 0 Å². The quantitative estimate of drug-likeness (QED) is 0.800. The fraction of sp³-hybridized carbons (Fsp3) is 0.588. The molecular weight excluding hydrogens is 292 g/mol. The van der Waals surface area contributed by atoms with Gasteiger partial charge in [-0.15, -0.1) is 0 Å². The first-order chi connectivity index (χ1) is 10.9. The minimum absolute atomic E-state index is 0.00955. The molecule has 1 amide bonds. The highest BCUT2D eigenvalue weighted by atomic mass is 16.2. The van der Waals surface area contributed by atoms with Crippen LogP contribution in [0.4, 0.5) is 5.69 Å². The van der Waals surface area contributed by atoms with Crippen molar-refractivity contribution < 1.29 is 9.59 Å². The summed E-state index contributed by atoms with van der Waals surface area (Å²) >= 11 is 0. The predicted octanol–water partition coefficient (Wildman–Crippen LogP) is 1.46. The number of aromatic nitrogens is 1. The monoisotopic (exact) mass is 318 g/mol. The van der Waals surface area contributed by atoms with Crippen molar-refractivity contribution in [2.24, 2.45) is 17.6 Å².